The molecule has 1 unspecified atom stereocenters. The smallest absolute Gasteiger partial charge is 0.243 e. The van der Waals surface area contributed by atoms with Crippen LogP contribution in [0.1, 0.15) is 17.5 Å². The summed E-state index contributed by atoms with van der Waals surface area (Å²) in [6.45, 7) is 2.87. The summed E-state index contributed by atoms with van der Waals surface area (Å²) in [4.78, 5) is 2.71. The molecule has 0 amide bonds. The second-order valence-electron chi connectivity index (χ2n) is 7.65. The van der Waals surface area contributed by atoms with Gasteiger partial charge in [0.05, 0.1) is 4.90 Å². The Balaban J connectivity index is 1.58. The molecule has 1 fully saturated rings. The number of nitrogens with zero attached hydrogens (tertiary/aromatic N) is 2. The molecule has 1 aliphatic rings. The lowest BCUT2D eigenvalue weighted by Crippen LogP contribution is -2.41. The summed E-state index contributed by atoms with van der Waals surface area (Å²) in [5.41, 5.74) is 2.27. The van der Waals surface area contributed by atoms with E-state index in [1.54, 1.807) is 16.4 Å². The van der Waals surface area contributed by atoms with Crippen LogP contribution in [0.2, 0.25) is 0 Å². The van der Waals surface area contributed by atoms with E-state index in [2.05, 4.69) is 39.6 Å². The van der Waals surface area contributed by atoms with E-state index in [-0.39, 0.29) is 6.04 Å². The van der Waals surface area contributed by atoms with E-state index in [1.165, 1.54) is 5.56 Å². The Morgan fingerprint density at radius 3 is 2.10 bits per heavy atom. The van der Waals surface area contributed by atoms with Crippen LogP contribution in [-0.2, 0) is 23.1 Å². The molecule has 4 nitrogen and oxygen atoms in total. The number of rotatable bonds is 7. The molecular formula is C24H25IN2O2S. The second kappa shape index (κ2) is 9.60. The van der Waals surface area contributed by atoms with Crippen molar-refractivity contribution in [1.29, 1.82) is 0 Å². The van der Waals surface area contributed by atoms with E-state index in [0.29, 0.717) is 11.4 Å². The Kier molecular flexibility index (Phi) is 6.87. The predicted octanol–water partition coefficient (Wildman–Crippen LogP) is 4.76. The van der Waals surface area contributed by atoms with Crippen LogP contribution in [0, 0.1) is 3.57 Å². The van der Waals surface area contributed by atoms with Gasteiger partial charge in [-0.2, -0.15) is 4.31 Å². The summed E-state index contributed by atoms with van der Waals surface area (Å²) in [5.74, 6) is 0. The minimum atomic E-state index is -3.59. The first-order valence-electron chi connectivity index (χ1n) is 10.1. The van der Waals surface area contributed by atoms with Gasteiger partial charge in [0.1, 0.15) is 0 Å². The van der Waals surface area contributed by atoms with Crippen molar-refractivity contribution in [2.24, 2.45) is 0 Å². The molecular weight excluding hydrogens is 507 g/mol. The predicted molar refractivity (Wildman–Crippen MR) is 128 cm³/mol. The van der Waals surface area contributed by atoms with E-state index >= 15 is 0 Å². The summed E-state index contributed by atoms with van der Waals surface area (Å²) in [6.07, 6.45) is 0.837. The molecule has 0 bridgehead atoms. The van der Waals surface area contributed by atoms with E-state index in [1.807, 2.05) is 60.7 Å². The molecule has 1 aliphatic heterocycles. The van der Waals surface area contributed by atoms with Crippen LogP contribution >= 0.6 is 22.6 Å². The number of hydrogen-bond acceptors (Lipinski definition) is 3. The highest BCUT2D eigenvalue weighted by Gasteiger charge is 2.35. The van der Waals surface area contributed by atoms with Crippen LogP contribution in [0.5, 0.6) is 0 Å². The molecule has 1 heterocycles. The molecule has 30 heavy (non-hydrogen) atoms. The maximum atomic E-state index is 13.6. The zero-order valence-corrected chi connectivity index (χ0v) is 19.7. The third-order valence-corrected chi connectivity index (χ3v) is 8.14. The van der Waals surface area contributed by atoms with Gasteiger partial charge in [0.2, 0.25) is 10.0 Å². The summed E-state index contributed by atoms with van der Waals surface area (Å²) in [5, 5.41) is 0. The standard InChI is InChI=1S/C24H25IN2O2S/c25-22-11-13-24(14-12-22)30(28,29)27(18-21-9-5-2-6-10-21)23-15-16-26(19-23)17-20-7-3-1-4-8-20/h1-14,23H,15-19H2. The number of halogens is 1. The van der Waals surface area contributed by atoms with Gasteiger partial charge in [0.15, 0.2) is 0 Å². The maximum Gasteiger partial charge on any atom is 0.243 e. The van der Waals surface area contributed by atoms with Crippen LogP contribution in [0.25, 0.3) is 0 Å². The van der Waals surface area contributed by atoms with Gasteiger partial charge < -0.3 is 0 Å². The van der Waals surface area contributed by atoms with Crippen molar-refractivity contribution in [2.45, 2.75) is 30.4 Å². The molecule has 0 aliphatic carbocycles. The quantitative estimate of drug-likeness (QED) is 0.413. The molecule has 6 heteroatoms. The monoisotopic (exact) mass is 532 g/mol. The van der Waals surface area contributed by atoms with Crippen molar-refractivity contribution in [3.05, 3.63) is 99.6 Å². The highest BCUT2D eigenvalue weighted by atomic mass is 127. The van der Waals surface area contributed by atoms with Gasteiger partial charge >= 0.3 is 0 Å². The van der Waals surface area contributed by atoms with Crippen molar-refractivity contribution >= 4 is 32.6 Å². The van der Waals surface area contributed by atoms with E-state index in [9.17, 15) is 8.42 Å². The SMILES string of the molecule is O=S(=O)(c1ccc(I)cc1)N(Cc1ccccc1)C1CCN(Cc2ccccc2)C1. The Bertz CT molecular complexity index is 1060. The first kappa shape index (κ1) is 21.5. The fourth-order valence-electron chi connectivity index (χ4n) is 3.95. The normalized spacial score (nSPS) is 17.5. The summed E-state index contributed by atoms with van der Waals surface area (Å²) >= 11 is 2.20. The molecule has 0 spiro atoms. The lowest BCUT2D eigenvalue weighted by Gasteiger charge is -2.28. The Morgan fingerprint density at radius 2 is 1.47 bits per heavy atom. The van der Waals surface area contributed by atoms with Crippen LogP contribution in [0.4, 0.5) is 0 Å². The molecule has 1 saturated heterocycles. The Labute approximate surface area is 192 Å². The minimum absolute atomic E-state index is 0.0433. The first-order valence-corrected chi connectivity index (χ1v) is 12.6. The molecule has 4 rings (SSSR count). The maximum absolute atomic E-state index is 13.6. The van der Waals surface area contributed by atoms with Crippen molar-refractivity contribution in [2.75, 3.05) is 13.1 Å². The number of likely N-dealkylation sites (tertiary alicyclic amines) is 1. The van der Waals surface area contributed by atoms with Crippen molar-refractivity contribution in [1.82, 2.24) is 9.21 Å². The fourth-order valence-corrected chi connectivity index (χ4v) is 5.94. The summed E-state index contributed by atoms with van der Waals surface area (Å²) in [7, 11) is -3.59. The molecule has 0 radical (unpaired) electrons. The summed E-state index contributed by atoms with van der Waals surface area (Å²) < 4.78 is 29.9. The zero-order valence-electron chi connectivity index (χ0n) is 16.7. The van der Waals surface area contributed by atoms with Gasteiger partial charge in [0, 0.05) is 35.8 Å². The molecule has 1 atom stereocenters. The summed E-state index contributed by atoms with van der Waals surface area (Å²) in [6, 6.07) is 27.3. The minimum Gasteiger partial charge on any atom is -0.297 e. The van der Waals surface area contributed by atoms with Gasteiger partial charge in [-0.25, -0.2) is 8.42 Å². The zero-order chi connectivity index (χ0) is 21.0. The fraction of sp³-hybridized carbons (Fsp3) is 0.250. The number of hydrogen-bond donors (Lipinski definition) is 0. The topological polar surface area (TPSA) is 40.6 Å². The van der Waals surface area contributed by atoms with Crippen molar-refractivity contribution in [3.63, 3.8) is 0 Å². The largest absolute Gasteiger partial charge is 0.297 e. The molecule has 0 N–H and O–H groups in total. The van der Waals surface area contributed by atoms with Crippen LogP contribution in [0.15, 0.2) is 89.8 Å². The van der Waals surface area contributed by atoms with Gasteiger partial charge in [-0.05, 0) is 64.4 Å². The number of sulfonamides is 1. The second-order valence-corrected chi connectivity index (χ2v) is 10.8. The van der Waals surface area contributed by atoms with Gasteiger partial charge in [0.25, 0.3) is 0 Å². The van der Waals surface area contributed by atoms with Crippen LogP contribution in [-0.4, -0.2) is 36.8 Å². The number of benzene rings is 3. The van der Waals surface area contributed by atoms with E-state index < -0.39 is 10.0 Å². The van der Waals surface area contributed by atoms with Crippen molar-refractivity contribution < 1.29 is 8.42 Å². The van der Waals surface area contributed by atoms with Gasteiger partial charge in [-0.3, -0.25) is 4.90 Å². The average molecular weight is 532 g/mol. The highest BCUT2D eigenvalue weighted by Crippen LogP contribution is 2.27. The third-order valence-electron chi connectivity index (χ3n) is 5.51. The highest BCUT2D eigenvalue weighted by molar-refractivity contribution is 14.1. The molecule has 0 aromatic heterocycles. The van der Waals surface area contributed by atoms with Crippen LogP contribution in [0.3, 0.4) is 0 Å². The van der Waals surface area contributed by atoms with Crippen molar-refractivity contribution in [3.8, 4) is 0 Å². The van der Waals surface area contributed by atoms with Gasteiger partial charge in [-0.1, -0.05) is 60.7 Å². The Morgan fingerprint density at radius 1 is 0.867 bits per heavy atom. The lowest BCUT2D eigenvalue weighted by atomic mass is 10.2. The third kappa shape index (κ3) is 5.11. The van der Waals surface area contributed by atoms with E-state index in [4.69, 9.17) is 0 Å². The Hall–Kier alpha value is -1.74. The molecule has 3 aromatic rings. The average Bonchev–Trinajstić information content (AvgIpc) is 3.21. The van der Waals surface area contributed by atoms with Crippen LogP contribution < -0.4 is 0 Å². The molecule has 0 saturated carbocycles. The lowest BCUT2D eigenvalue weighted by molar-refractivity contribution is 0.276. The van der Waals surface area contributed by atoms with Gasteiger partial charge in [-0.15, -0.1) is 0 Å². The molecule has 3 aromatic carbocycles. The van der Waals surface area contributed by atoms with E-state index in [0.717, 1.165) is 35.2 Å². The molecule has 156 valence electrons. The first-order chi connectivity index (χ1) is 14.5.